The molecule has 4 rings (SSSR count). The lowest BCUT2D eigenvalue weighted by Crippen LogP contribution is -2.63. The Bertz CT molecular complexity index is 1300. The lowest BCUT2D eigenvalue weighted by atomic mass is 9.74. The van der Waals surface area contributed by atoms with Gasteiger partial charge in [0.15, 0.2) is 0 Å². The van der Waals surface area contributed by atoms with Crippen molar-refractivity contribution in [2.24, 2.45) is 34.0 Å². The van der Waals surface area contributed by atoms with Crippen LogP contribution in [-0.2, 0) is 24.0 Å². The molecule has 5 amide bonds. The van der Waals surface area contributed by atoms with Crippen LogP contribution in [0, 0.1) is 34.0 Å². The van der Waals surface area contributed by atoms with E-state index >= 15 is 0 Å². The quantitative estimate of drug-likeness (QED) is 0.172. The van der Waals surface area contributed by atoms with Crippen LogP contribution in [0.3, 0.4) is 0 Å². The number of piperidine rings is 1. The van der Waals surface area contributed by atoms with Crippen LogP contribution in [0.5, 0.6) is 0 Å². The Morgan fingerprint density at radius 2 is 1.56 bits per heavy atom. The summed E-state index contributed by atoms with van der Waals surface area (Å²) < 4.78 is 0. The van der Waals surface area contributed by atoms with Gasteiger partial charge in [-0.2, -0.15) is 0 Å². The van der Waals surface area contributed by atoms with Gasteiger partial charge in [-0.1, -0.05) is 93.6 Å². The van der Waals surface area contributed by atoms with Crippen molar-refractivity contribution in [1.29, 1.82) is 0 Å². The lowest BCUT2D eigenvalue weighted by Gasteiger charge is -2.41. The smallest absolute Gasteiger partial charge is 0.315 e. The summed E-state index contributed by atoms with van der Waals surface area (Å²) in [6.45, 7) is 19.5. The average Bonchev–Trinajstić information content (AvgIpc) is 3.84. The van der Waals surface area contributed by atoms with Gasteiger partial charge in [-0.25, -0.2) is 4.79 Å². The van der Waals surface area contributed by atoms with E-state index in [4.69, 9.17) is 0 Å². The lowest BCUT2D eigenvalue weighted by molar-refractivity contribution is -0.145. The van der Waals surface area contributed by atoms with E-state index in [1.54, 1.807) is 4.90 Å². The van der Waals surface area contributed by atoms with E-state index in [1.165, 1.54) is 6.08 Å². The second-order valence-electron chi connectivity index (χ2n) is 17.6. The van der Waals surface area contributed by atoms with Crippen LogP contribution < -0.4 is 21.3 Å². The third-order valence-electron chi connectivity index (χ3n) is 11.2. The fourth-order valence-corrected chi connectivity index (χ4v) is 7.77. The van der Waals surface area contributed by atoms with Gasteiger partial charge in [-0.05, 0) is 47.8 Å². The van der Waals surface area contributed by atoms with Gasteiger partial charge in [-0.3, -0.25) is 24.0 Å². The van der Waals surface area contributed by atoms with E-state index in [-0.39, 0.29) is 47.8 Å². The van der Waals surface area contributed by atoms with Crippen LogP contribution in [0.15, 0.2) is 12.7 Å². The number of amides is 5. The molecule has 11 heteroatoms. The molecule has 11 nitrogen and oxygen atoms in total. The van der Waals surface area contributed by atoms with Gasteiger partial charge in [0.05, 0.1) is 6.04 Å². The summed E-state index contributed by atoms with van der Waals surface area (Å²) >= 11 is 0. The third-order valence-corrected chi connectivity index (χ3v) is 11.2. The standard InChI is InChI=1S/C37H59N5O6/c1-10-18-38-31(46)28(44)24(19-22-14-15-22)39-30(45)27-26-23(36(26,8)9)21-42(27)32(47)29(35(5,6)7)40-33(48)41-37(16-12-11-13-17-37)20-25(43)34(2,3)4/h10,22-24,26-27,29H,1,11-21H2,2-9H3,(H,38,46)(H,39,45)(H2,40,41,48). The van der Waals surface area contributed by atoms with Crippen molar-refractivity contribution in [2.45, 2.75) is 137 Å². The third kappa shape index (κ3) is 8.48. The zero-order valence-electron chi connectivity index (χ0n) is 30.4. The number of nitrogens with zero attached hydrogens (tertiary/aromatic N) is 1. The predicted octanol–water partition coefficient (Wildman–Crippen LogP) is 4.05. The molecular formula is C37H59N5O6. The monoisotopic (exact) mass is 669 g/mol. The topological polar surface area (TPSA) is 154 Å². The zero-order valence-corrected chi connectivity index (χ0v) is 30.4. The van der Waals surface area contributed by atoms with Gasteiger partial charge in [0, 0.05) is 30.5 Å². The summed E-state index contributed by atoms with van der Waals surface area (Å²) in [5, 5.41) is 11.5. The van der Waals surface area contributed by atoms with Crippen molar-refractivity contribution in [3.63, 3.8) is 0 Å². The summed E-state index contributed by atoms with van der Waals surface area (Å²) in [6, 6.07) is -3.29. The molecule has 0 spiro atoms. The molecule has 3 saturated carbocycles. The maximum Gasteiger partial charge on any atom is 0.315 e. The van der Waals surface area contributed by atoms with E-state index in [0.29, 0.717) is 25.8 Å². The normalized spacial score (nSPS) is 25.5. The van der Waals surface area contributed by atoms with Crippen LogP contribution in [0.25, 0.3) is 0 Å². The van der Waals surface area contributed by atoms with Crippen molar-refractivity contribution in [2.75, 3.05) is 13.1 Å². The molecule has 4 N–H and O–H groups in total. The fourth-order valence-electron chi connectivity index (χ4n) is 7.77. The summed E-state index contributed by atoms with van der Waals surface area (Å²) in [6.07, 6.45) is 8.20. The molecule has 0 radical (unpaired) electrons. The molecule has 1 saturated heterocycles. The molecule has 1 heterocycles. The minimum absolute atomic E-state index is 0.0811. The van der Waals surface area contributed by atoms with E-state index in [9.17, 15) is 28.8 Å². The fraction of sp³-hybridized carbons (Fsp3) is 0.784. The first-order valence-corrected chi connectivity index (χ1v) is 17.9. The number of urea groups is 1. The van der Waals surface area contributed by atoms with E-state index < -0.39 is 58.1 Å². The second-order valence-corrected chi connectivity index (χ2v) is 17.6. The molecule has 5 unspecified atom stereocenters. The van der Waals surface area contributed by atoms with Gasteiger partial charge >= 0.3 is 6.03 Å². The largest absolute Gasteiger partial charge is 0.346 e. The van der Waals surface area contributed by atoms with Gasteiger partial charge in [0.2, 0.25) is 17.6 Å². The van der Waals surface area contributed by atoms with Crippen LogP contribution in [0.1, 0.15) is 113 Å². The molecule has 5 atom stereocenters. The van der Waals surface area contributed by atoms with E-state index in [0.717, 1.165) is 32.1 Å². The van der Waals surface area contributed by atoms with Crippen LogP contribution in [0.4, 0.5) is 4.79 Å². The van der Waals surface area contributed by atoms with Crippen LogP contribution >= 0.6 is 0 Å². The number of carbonyl (C=O) groups excluding carboxylic acids is 6. The summed E-state index contributed by atoms with van der Waals surface area (Å²) in [4.78, 5) is 82.7. The van der Waals surface area contributed by atoms with Gasteiger partial charge in [0.1, 0.15) is 17.9 Å². The van der Waals surface area contributed by atoms with Crippen LogP contribution in [0.2, 0.25) is 0 Å². The number of ketones is 2. The first kappa shape index (κ1) is 37.6. The maximum atomic E-state index is 14.4. The van der Waals surface area contributed by atoms with Crippen molar-refractivity contribution in [3.05, 3.63) is 12.7 Å². The Hall–Kier alpha value is -3.24. The molecule has 4 aliphatic rings. The maximum absolute atomic E-state index is 14.4. The number of likely N-dealkylation sites (tertiary alicyclic amines) is 1. The Labute approximate surface area is 286 Å². The number of hydrogen-bond acceptors (Lipinski definition) is 6. The minimum atomic E-state index is -0.988. The number of fused-ring (bicyclic) bond motifs is 1. The summed E-state index contributed by atoms with van der Waals surface area (Å²) in [7, 11) is 0. The van der Waals surface area contributed by atoms with Crippen molar-refractivity contribution in [3.8, 4) is 0 Å². The van der Waals surface area contributed by atoms with Crippen LogP contribution in [-0.4, -0.2) is 77.0 Å². The number of Topliss-reactive ketones (excluding diaryl/α,β-unsaturated/α-hetero) is 2. The molecule has 0 bridgehead atoms. The molecule has 0 aromatic carbocycles. The molecular weight excluding hydrogens is 610 g/mol. The highest BCUT2D eigenvalue weighted by atomic mass is 16.2. The summed E-state index contributed by atoms with van der Waals surface area (Å²) in [5.41, 5.74) is -2.09. The Balaban J connectivity index is 1.53. The molecule has 3 aliphatic carbocycles. The Kier molecular flexibility index (Phi) is 10.9. The minimum Gasteiger partial charge on any atom is -0.346 e. The molecule has 268 valence electrons. The molecule has 0 aromatic rings. The van der Waals surface area contributed by atoms with Gasteiger partial charge in [-0.15, -0.1) is 6.58 Å². The SMILES string of the molecule is C=CCNC(=O)C(=O)C(CC1CC1)NC(=O)C1C2C(CN1C(=O)C(NC(=O)NC1(CC(=O)C(C)(C)C)CCCCC1)C(C)(C)C)C2(C)C. The van der Waals surface area contributed by atoms with Crippen molar-refractivity contribution >= 4 is 35.3 Å². The van der Waals surface area contributed by atoms with Crippen molar-refractivity contribution in [1.82, 2.24) is 26.2 Å². The number of rotatable bonds is 13. The van der Waals surface area contributed by atoms with Gasteiger partial charge in [0.25, 0.3) is 5.91 Å². The van der Waals surface area contributed by atoms with E-state index in [1.807, 2.05) is 41.5 Å². The Morgan fingerprint density at radius 3 is 2.10 bits per heavy atom. The van der Waals surface area contributed by atoms with Crippen molar-refractivity contribution < 1.29 is 28.8 Å². The molecule has 0 aromatic heterocycles. The predicted molar refractivity (Wildman–Crippen MR) is 184 cm³/mol. The average molecular weight is 670 g/mol. The number of carbonyl (C=O) groups is 6. The molecule has 4 fully saturated rings. The van der Waals surface area contributed by atoms with Gasteiger partial charge < -0.3 is 26.2 Å². The highest BCUT2D eigenvalue weighted by Crippen LogP contribution is 2.65. The number of hydrogen-bond donors (Lipinski definition) is 4. The number of nitrogens with one attached hydrogen (secondary N) is 4. The van der Waals surface area contributed by atoms with E-state index in [2.05, 4.69) is 41.7 Å². The molecule has 1 aliphatic heterocycles. The summed E-state index contributed by atoms with van der Waals surface area (Å²) in [5.74, 6) is -1.96. The first-order valence-electron chi connectivity index (χ1n) is 17.9. The molecule has 48 heavy (non-hydrogen) atoms. The highest BCUT2D eigenvalue weighted by Gasteiger charge is 2.70. The second kappa shape index (κ2) is 13.9. The highest BCUT2D eigenvalue weighted by molar-refractivity contribution is 6.38. The Morgan fingerprint density at radius 1 is 0.938 bits per heavy atom. The first-order chi connectivity index (χ1) is 22.2. The zero-order chi connectivity index (χ0) is 35.8.